The first-order chi connectivity index (χ1) is 9.18. The van der Waals surface area contributed by atoms with E-state index in [0.717, 1.165) is 0 Å². The van der Waals surface area contributed by atoms with E-state index in [2.05, 4.69) is 10.3 Å². The first-order valence-corrected chi connectivity index (χ1v) is 5.60. The number of aromatic nitrogens is 1. The van der Waals surface area contributed by atoms with Crippen LogP contribution >= 0.6 is 0 Å². The van der Waals surface area contributed by atoms with Gasteiger partial charge in [0.05, 0.1) is 4.92 Å². The standard InChI is InChI=1S/C13H11N3O3/c17-13(11-6-3-4-8-14-11)15-9-10-5-1-2-7-12(10)16(18)19/h1-8H,9H2,(H,15,17). The first-order valence-electron chi connectivity index (χ1n) is 5.60. The summed E-state index contributed by atoms with van der Waals surface area (Å²) in [4.78, 5) is 26.0. The van der Waals surface area contributed by atoms with Gasteiger partial charge in [-0.1, -0.05) is 24.3 Å². The molecule has 6 nitrogen and oxygen atoms in total. The summed E-state index contributed by atoms with van der Waals surface area (Å²) >= 11 is 0. The zero-order chi connectivity index (χ0) is 13.7. The topological polar surface area (TPSA) is 85.1 Å². The molecule has 1 N–H and O–H groups in total. The van der Waals surface area contributed by atoms with Crippen LogP contribution in [0.4, 0.5) is 5.69 Å². The highest BCUT2D eigenvalue weighted by molar-refractivity contribution is 5.92. The Balaban J connectivity index is 2.07. The van der Waals surface area contributed by atoms with E-state index in [1.54, 1.807) is 36.4 Å². The van der Waals surface area contributed by atoms with E-state index in [0.29, 0.717) is 5.56 Å². The molecule has 0 bridgehead atoms. The summed E-state index contributed by atoms with van der Waals surface area (Å²) in [7, 11) is 0. The Morgan fingerprint density at radius 3 is 2.63 bits per heavy atom. The lowest BCUT2D eigenvalue weighted by molar-refractivity contribution is -0.385. The monoisotopic (exact) mass is 257 g/mol. The van der Waals surface area contributed by atoms with Crippen molar-refractivity contribution in [2.75, 3.05) is 0 Å². The van der Waals surface area contributed by atoms with Crippen molar-refractivity contribution in [3.8, 4) is 0 Å². The molecule has 0 saturated carbocycles. The largest absolute Gasteiger partial charge is 0.346 e. The Morgan fingerprint density at radius 1 is 1.21 bits per heavy atom. The number of amides is 1. The number of nitrogens with zero attached hydrogens (tertiary/aromatic N) is 2. The fourth-order valence-electron chi connectivity index (χ4n) is 1.60. The lowest BCUT2D eigenvalue weighted by atomic mass is 10.2. The van der Waals surface area contributed by atoms with Crippen molar-refractivity contribution in [2.45, 2.75) is 6.54 Å². The summed E-state index contributed by atoms with van der Waals surface area (Å²) in [6.45, 7) is 0.0898. The van der Waals surface area contributed by atoms with E-state index in [4.69, 9.17) is 0 Å². The molecule has 0 radical (unpaired) electrons. The summed E-state index contributed by atoms with van der Waals surface area (Å²) in [6, 6.07) is 11.3. The third-order valence-corrected chi connectivity index (χ3v) is 2.53. The van der Waals surface area contributed by atoms with Gasteiger partial charge < -0.3 is 5.32 Å². The van der Waals surface area contributed by atoms with Crippen molar-refractivity contribution in [1.82, 2.24) is 10.3 Å². The maximum Gasteiger partial charge on any atom is 0.274 e. The van der Waals surface area contributed by atoms with Crippen molar-refractivity contribution >= 4 is 11.6 Å². The molecule has 2 aromatic rings. The molecule has 96 valence electrons. The summed E-state index contributed by atoms with van der Waals surface area (Å²) in [5.74, 6) is -0.362. The van der Waals surface area contributed by atoms with E-state index in [1.807, 2.05) is 0 Å². The first kappa shape index (κ1) is 12.7. The number of pyridine rings is 1. The predicted octanol–water partition coefficient (Wildman–Crippen LogP) is 1.92. The number of nitro benzene ring substituents is 1. The van der Waals surface area contributed by atoms with Gasteiger partial charge in [-0.2, -0.15) is 0 Å². The molecule has 19 heavy (non-hydrogen) atoms. The summed E-state index contributed by atoms with van der Waals surface area (Å²) in [5, 5.41) is 13.4. The van der Waals surface area contributed by atoms with Crippen LogP contribution in [-0.2, 0) is 6.54 Å². The molecule has 0 aliphatic rings. The molecule has 0 fully saturated rings. The Bertz CT molecular complexity index is 599. The van der Waals surface area contributed by atoms with E-state index in [9.17, 15) is 14.9 Å². The lowest BCUT2D eigenvalue weighted by Crippen LogP contribution is -2.24. The van der Waals surface area contributed by atoms with Gasteiger partial charge in [0, 0.05) is 24.4 Å². The van der Waals surface area contributed by atoms with Gasteiger partial charge >= 0.3 is 0 Å². The molecular weight excluding hydrogens is 246 g/mol. The number of hydrogen-bond acceptors (Lipinski definition) is 4. The summed E-state index contributed by atoms with van der Waals surface area (Å²) in [6.07, 6.45) is 1.51. The number of para-hydroxylation sites is 1. The molecule has 0 atom stereocenters. The number of nitrogens with one attached hydrogen (secondary N) is 1. The van der Waals surface area contributed by atoms with Gasteiger partial charge in [0.25, 0.3) is 11.6 Å². The average Bonchev–Trinajstić information content (AvgIpc) is 2.46. The quantitative estimate of drug-likeness (QED) is 0.669. The predicted molar refractivity (Wildman–Crippen MR) is 68.5 cm³/mol. The lowest BCUT2D eigenvalue weighted by Gasteiger charge is -2.05. The van der Waals surface area contributed by atoms with Gasteiger partial charge in [0.15, 0.2) is 0 Å². The molecule has 6 heteroatoms. The number of rotatable bonds is 4. The second-order valence-corrected chi connectivity index (χ2v) is 3.78. The molecule has 1 amide bonds. The second-order valence-electron chi connectivity index (χ2n) is 3.78. The number of benzene rings is 1. The summed E-state index contributed by atoms with van der Waals surface area (Å²) in [5.41, 5.74) is 0.724. The van der Waals surface area contributed by atoms with Gasteiger partial charge in [0.2, 0.25) is 0 Å². The molecule has 2 rings (SSSR count). The van der Waals surface area contributed by atoms with Gasteiger partial charge in [-0.15, -0.1) is 0 Å². The molecule has 0 aliphatic heterocycles. The van der Waals surface area contributed by atoms with Crippen LogP contribution in [0, 0.1) is 10.1 Å². The minimum absolute atomic E-state index is 0.0104. The Kier molecular flexibility index (Phi) is 3.82. The fraction of sp³-hybridized carbons (Fsp3) is 0.0769. The minimum Gasteiger partial charge on any atom is -0.346 e. The van der Waals surface area contributed by atoms with E-state index in [1.165, 1.54) is 12.3 Å². The highest BCUT2D eigenvalue weighted by Gasteiger charge is 2.13. The third-order valence-electron chi connectivity index (χ3n) is 2.53. The van der Waals surface area contributed by atoms with E-state index < -0.39 is 4.92 Å². The van der Waals surface area contributed by atoms with E-state index in [-0.39, 0.29) is 23.8 Å². The van der Waals surface area contributed by atoms with Gasteiger partial charge in [-0.25, -0.2) is 0 Å². The van der Waals surface area contributed by atoms with Crippen molar-refractivity contribution < 1.29 is 9.72 Å². The van der Waals surface area contributed by atoms with Crippen LogP contribution in [0.25, 0.3) is 0 Å². The molecular formula is C13H11N3O3. The summed E-state index contributed by atoms with van der Waals surface area (Å²) < 4.78 is 0. The van der Waals surface area contributed by atoms with Crippen LogP contribution in [0.3, 0.4) is 0 Å². The maximum absolute atomic E-state index is 11.8. The van der Waals surface area contributed by atoms with Crippen molar-refractivity contribution in [1.29, 1.82) is 0 Å². The number of nitro groups is 1. The minimum atomic E-state index is -0.470. The van der Waals surface area contributed by atoms with Crippen molar-refractivity contribution in [2.24, 2.45) is 0 Å². The smallest absolute Gasteiger partial charge is 0.274 e. The molecule has 1 heterocycles. The Morgan fingerprint density at radius 2 is 1.95 bits per heavy atom. The molecule has 0 spiro atoms. The highest BCUT2D eigenvalue weighted by atomic mass is 16.6. The normalized spacial score (nSPS) is 9.89. The number of carbonyl (C=O) groups is 1. The fourth-order valence-corrected chi connectivity index (χ4v) is 1.60. The van der Waals surface area contributed by atoms with E-state index >= 15 is 0 Å². The SMILES string of the molecule is O=C(NCc1ccccc1[N+](=O)[O-])c1ccccn1. The van der Waals surface area contributed by atoms with Gasteiger partial charge in [-0.3, -0.25) is 19.9 Å². The van der Waals surface area contributed by atoms with Crippen LogP contribution in [-0.4, -0.2) is 15.8 Å². The Labute approximate surface area is 109 Å². The van der Waals surface area contributed by atoms with Crippen LogP contribution < -0.4 is 5.32 Å². The zero-order valence-corrected chi connectivity index (χ0v) is 9.95. The molecule has 0 unspecified atom stereocenters. The van der Waals surface area contributed by atoms with Crippen molar-refractivity contribution in [3.63, 3.8) is 0 Å². The molecule has 0 aliphatic carbocycles. The molecule has 1 aromatic carbocycles. The number of carbonyl (C=O) groups excluding carboxylic acids is 1. The van der Waals surface area contributed by atoms with Crippen LogP contribution in [0.2, 0.25) is 0 Å². The second kappa shape index (κ2) is 5.72. The van der Waals surface area contributed by atoms with Crippen LogP contribution in [0.15, 0.2) is 48.7 Å². The highest BCUT2D eigenvalue weighted by Crippen LogP contribution is 2.17. The Hall–Kier alpha value is -2.76. The molecule has 0 saturated heterocycles. The van der Waals surface area contributed by atoms with Crippen LogP contribution in [0.1, 0.15) is 16.1 Å². The van der Waals surface area contributed by atoms with Crippen LogP contribution in [0.5, 0.6) is 0 Å². The van der Waals surface area contributed by atoms with Gasteiger partial charge in [-0.05, 0) is 12.1 Å². The maximum atomic E-state index is 11.8. The van der Waals surface area contributed by atoms with Crippen molar-refractivity contribution in [3.05, 3.63) is 70.0 Å². The average molecular weight is 257 g/mol. The zero-order valence-electron chi connectivity index (χ0n) is 9.95. The third kappa shape index (κ3) is 3.12. The number of hydrogen-bond donors (Lipinski definition) is 1. The van der Waals surface area contributed by atoms with Gasteiger partial charge in [0.1, 0.15) is 5.69 Å². The molecule has 1 aromatic heterocycles.